The van der Waals surface area contributed by atoms with Gasteiger partial charge in [-0.25, -0.2) is 4.79 Å². The van der Waals surface area contributed by atoms with Crippen LogP contribution < -0.4 is 4.74 Å². The Morgan fingerprint density at radius 3 is 2.27 bits per heavy atom. The van der Waals surface area contributed by atoms with Crippen LogP contribution in [0.2, 0.25) is 0 Å². The maximum atomic E-state index is 10.9. The molecule has 0 radical (unpaired) electrons. The first-order valence-electron chi connectivity index (χ1n) is 3.88. The molecule has 0 saturated heterocycles. The quantitative estimate of drug-likeness (QED) is 0.434. The van der Waals surface area contributed by atoms with Crippen molar-refractivity contribution < 1.29 is 14.3 Å². The third-order valence-electron chi connectivity index (χ3n) is 1.53. The van der Waals surface area contributed by atoms with Crippen LogP contribution in [0.15, 0.2) is 12.1 Å². The molecule has 3 nitrogen and oxygen atoms in total. The molecule has 1 rings (SSSR count). The Balaban J connectivity index is 2.81. The van der Waals surface area contributed by atoms with E-state index in [0.717, 1.165) is 16.5 Å². The van der Waals surface area contributed by atoms with Crippen molar-refractivity contribution in [1.29, 1.82) is 0 Å². The number of benzene rings is 1. The van der Waals surface area contributed by atoms with Crippen molar-refractivity contribution in [2.75, 3.05) is 13.7 Å². The molecule has 0 saturated carbocycles. The van der Waals surface area contributed by atoms with Crippen LogP contribution in [-0.4, -0.2) is 19.7 Å². The summed E-state index contributed by atoms with van der Waals surface area (Å²) in [5, 5.41) is 0. The topological polar surface area (TPSA) is 35.5 Å². The van der Waals surface area contributed by atoms with E-state index in [0.29, 0.717) is 0 Å². The monoisotopic (exact) mass is 544 g/mol. The van der Waals surface area contributed by atoms with Crippen LogP contribution in [0.3, 0.4) is 0 Å². The minimum absolute atomic E-state index is 0.0525. The van der Waals surface area contributed by atoms with Crippen LogP contribution in [0.1, 0.15) is 0 Å². The van der Waals surface area contributed by atoms with E-state index in [9.17, 15) is 4.79 Å². The highest BCUT2D eigenvalue weighted by atomic mass is 127. The molecule has 6 heteroatoms. The lowest BCUT2D eigenvalue weighted by Gasteiger charge is -2.09. The van der Waals surface area contributed by atoms with Crippen molar-refractivity contribution in [2.45, 2.75) is 0 Å². The van der Waals surface area contributed by atoms with Crippen molar-refractivity contribution in [3.63, 3.8) is 0 Å². The Bertz CT molecular complexity index is 356. The molecule has 0 N–H and O–H groups in total. The number of carbonyl (C=O) groups is 1. The highest BCUT2D eigenvalue weighted by Crippen LogP contribution is 2.29. The second-order valence-corrected chi connectivity index (χ2v) is 6.13. The van der Waals surface area contributed by atoms with Crippen LogP contribution in [0.4, 0.5) is 0 Å². The van der Waals surface area contributed by atoms with Gasteiger partial charge < -0.3 is 9.47 Å². The molecule has 0 atom stereocenters. The van der Waals surface area contributed by atoms with Crippen molar-refractivity contribution in [3.05, 3.63) is 22.8 Å². The van der Waals surface area contributed by atoms with Gasteiger partial charge in [0, 0.05) is 3.57 Å². The van der Waals surface area contributed by atoms with Crippen LogP contribution in [-0.2, 0) is 9.53 Å². The van der Waals surface area contributed by atoms with Gasteiger partial charge in [0.2, 0.25) is 0 Å². The van der Waals surface area contributed by atoms with E-state index in [1.165, 1.54) is 7.11 Å². The zero-order valence-corrected chi connectivity index (χ0v) is 14.2. The number of carbonyl (C=O) groups excluding carboxylic acids is 1. The van der Waals surface area contributed by atoms with Crippen molar-refractivity contribution in [3.8, 4) is 5.75 Å². The standard InChI is InChI=1S/C9H7I3O3/c1-14-8(13)4-15-9-6(11)2-5(10)3-7(9)12/h2-3H,4H2,1H3. The molecule has 0 spiro atoms. The molecule has 0 aliphatic heterocycles. The van der Waals surface area contributed by atoms with E-state index in [1.54, 1.807) is 0 Å². The summed E-state index contributed by atoms with van der Waals surface area (Å²) in [6.45, 7) is -0.0525. The molecule has 0 aromatic heterocycles. The minimum atomic E-state index is -0.375. The maximum absolute atomic E-state index is 10.9. The number of ether oxygens (including phenoxy) is 2. The van der Waals surface area contributed by atoms with Crippen molar-refractivity contribution in [2.24, 2.45) is 0 Å². The second-order valence-electron chi connectivity index (χ2n) is 2.56. The van der Waals surface area contributed by atoms with E-state index >= 15 is 0 Å². The van der Waals surface area contributed by atoms with Crippen LogP contribution in [0.25, 0.3) is 0 Å². The number of methoxy groups -OCH3 is 1. The zero-order chi connectivity index (χ0) is 11.4. The number of hydrogen-bond donors (Lipinski definition) is 0. The Morgan fingerprint density at radius 1 is 1.27 bits per heavy atom. The molecule has 15 heavy (non-hydrogen) atoms. The lowest BCUT2D eigenvalue weighted by molar-refractivity contribution is -0.142. The number of esters is 1. The highest BCUT2D eigenvalue weighted by Gasteiger charge is 2.10. The van der Waals surface area contributed by atoms with Gasteiger partial charge in [0.15, 0.2) is 6.61 Å². The first-order chi connectivity index (χ1) is 7.04. The average Bonchev–Trinajstić information content (AvgIpc) is 2.15. The first-order valence-corrected chi connectivity index (χ1v) is 7.12. The van der Waals surface area contributed by atoms with Gasteiger partial charge in [0.25, 0.3) is 0 Å². The summed E-state index contributed by atoms with van der Waals surface area (Å²) in [7, 11) is 1.34. The maximum Gasteiger partial charge on any atom is 0.343 e. The normalized spacial score (nSPS) is 9.87. The molecular weight excluding hydrogens is 537 g/mol. The Labute approximate surface area is 129 Å². The van der Waals surface area contributed by atoms with Crippen LogP contribution in [0.5, 0.6) is 5.75 Å². The smallest absolute Gasteiger partial charge is 0.343 e. The van der Waals surface area contributed by atoms with Crippen LogP contribution in [0, 0.1) is 10.7 Å². The van der Waals surface area contributed by atoms with Crippen LogP contribution >= 0.6 is 67.8 Å². The van der Waals surface area contributed by atoms with Crippen molar-refractivity contribution in [1.82, 2.24) is 0 Å². The Hall–Kier alpha value is 0.680. The second kappa shape index (κ2) is 6.42. The summed E-state index contributed by atoms with van der Waals surface area (Å²) in [4.78, 5) is 10.9. The first kappa shape index (κ1) is 13.7. The highest BCUT2D eigenvalue weighted by molar-refractivity contribution is 14.1. The van der Waals surface area contributed by atoms with Gasteiger partial charge in [-0.1, -0.05) is 0 Å². The molecule has 1 aromatic carbocycles. The summed E-state index contributed by atoms with van der Waals surface area (Å²) in [5.74, 6) is 0.363. The van der Waals surface area contributed by atoms with Gasteiger partial charge in [-0.3, -0.25) is 0 Å². The van der Waals surface area contributed by atoms with Gasteiger partial charge in [0.05, 0.1) is 14.3 Å². The number of hydrogen-bond acceptors (Lipinski definition) is 3. The predicted octanol–water partition coefficient (Wildman–Crippen LogP) is 3.05. The number of halogens is 3. The van der Waals surface area contributed by atoms with Gasteiger partial charge in [0.1, 0.15) is 5.75 Å². The van der Waals surface area contributed by atoms with E-state index < -0.39 is 0 Å². The lowest BCUT2D eigenvalue weighted by Crippen LogP contribution is -2.13. The molecular formula is C9H7I3O3. The molecule has 0 amide bonds. The number of rotatable bonds is 3. The molecule has 0 bridgehead atoms. The summed E-state index contributed by atoms with van der Waals surface area (Å²) in [6.07, 6.45) is 0. The summed E-state index contributed by atoms with van der Waals surface area (Å²) < 4.78 is 13.0. The lowest BCUT2D eigenvalue weighted by atomic mass is 10.3. The fourth-order valence-electron chi connectivity index (χ4n) is 0.857. The molecule has 0 unspecified atom stereocenters. The molecule has 1 aromatic rings. The zero-order valence-electron chi connectivity index (χ0n) is 7.72. The Morgan fingerprint density at radius 2 is 1.80 bits per heavy atom. The largest absolute Gasteiger partial charge is 0.480 e. The van der Waals surface area contributed by atoms with E-state index in [1.807, 2.05) is 12.1 Å². The van der Waals surface area contributed by atoms with Gasteiger partial charge in [-0.15, -0.1) is 0 Å². The fraction of sp³-hybridized carbons (Fsp3) is 0.222. The summed E-state index contributed by atoms with van der Waals surface area (Å²) in [5.41, 5.74) is 0. The van der Waals surface area contributed by atoms with E-state index in [-0.39, 0.29) is 12.6 Å². The SMILES string of the molecule is COC(=O)COc1c(I)cc(I)cc1I. The summed E-state index contributed by atoms with van der Waals surface area (Å²) >= 11 is 6.61. The minimum Gasteiger partial charge on any atom is -0.480 e. The van der Waals surface area contributed by atoms with Crippen molar-refractivity contribution >= 4 is 73.7 Å². The molecule has 0 heterocycles. The molecule has 0 aliphatic carbocycles. The van der Waals surface area contributed by atoms with Gasteiger partial charge >= 0.3 is 5.97 Å². The molecule has 0 aliphatic rings. The molecule has 0 fully saturated rings. The Kier molecular flexibility index (Phi) is 5.89. The van der Waals surface area contributed by atoms with Gasteiger partial charge in [-0.2, -0.15) is 0 Å². The third kappa shape index (κ3) is 4.21. The summed E-state index contributed by atoms with van der Waals surface area (Å²) in [6, 6.07) is 3.99. The third-order valence-corrected chi connectivity index (χ3v) is 3.75. The van der Waals surface area contributed by atoms with Gasteiger partial charge in [-0.05, 0) is 79.9 Å². The predicted molar refractivity (Wildman–Crippen MR) is 82.1 cm³/mol. The fourth-order valence-corrected chi connectivity index (χ4v) is 4.75. The van der Waals surface area contributed by atoms with E-state index in [2.05, 4.69) is 72.5 Å². The van der Waals surface area contributed by atoms with E-state index in [4.69, 9.17) is 4.74 Å². The average molecular weight is 544 g/mol. The molecule has 82 valence electrons.